The Kier molecular flexibility index (Phi) is 5.78. The van der Waals surface area contributed by atoms with Gasteiger partial charge in [-0.25, -0.2) is 5.43 Å². The number of aryl methyl sites for hydroxylation is 1. The average Bonchev–Trinajstić information content (AvgIpc) is 2.69. The molecule has 0 heterocycles. The Hall–Kier alpha value is -3.40. The second-order valence-corrected chi connectivity index (χ2v) is 5.83. The van der Waals surface area contributed by atoms with E-state index in [0.717, 1.165) is 16.7 Å². The fourth-order valence-corrected chi connectivity index (χ4v) is 2.47. The molecule has 0 aliphatic heterocycles. The highest BCUT2D eigenvalue weighted by molar-refractivity contribution is 5.97. The van der Waals surface area contributed by atoms with Crippen LogP contribution in [0.25, 0.3) is 0 Å². The molecule has 3 aromatic carbocycles. The zero-order chi connectivity index (χ0) is 18.2. The molecule has 4 nitrogen and oxygen atoms in total. The first kappa shape index (κ1) is 17.4. The van der Waals surface area contributed by atoms with Crippen molar-refractivity contribution in [1.82, 2.24) is 5.43 Å². The van der Waals surface area contributed by atoms with Crippen LogP contribution in [-0.4, -0.2) is 12.1 Å². The summed E-state index contributed by atoms with van der Waals surface area (Å²) in [5, 5.41) is 4.06. The number of ether oxygens (including phenoxy) is 1. The number of nitrogens with one attached hydrogen (secondary N) is 1. The van der Waals surface area contributed by atoms with Crippen LogP contribution < -0.4 is 10.2 Å². The van der Waals surface area contributed by atoms with E-state index in [2.05, 4.69) is 10.5 Å². The minimum absolute atomic E-state index is 0.307. The second kappa shape index (κ2) is 8.62. The van der Waals surface area contributed by atoms with Crippen molar-refractivity contribution in [2.75, 3.05) is 0 Å². The van der Waals surface area contributed by atoms with Gasteiger partial charge < -0.3 is 4.74 Å². The summed E-state index contributed by atoms with van der Waals surface area (Å²) < 4.78 is 5.82. The van der Waals surface area contributed by atoms with Crippen LogP contribution in [0.15, 0.2) is 84.0 Å². The molecule has 0 atom stereocenters. The average molecular weight is 344 g/mol. The summed E-state index contributed by atoms with van der Waals surface area (Å²) in [4.78, 5) is 12.4. The van der Waals surface area contributed by atoms with E-state index >= 15 is 0 Å². The maximum atomic E-state index is 12.4. The Morgan fingerprint density at radius 2 is 1.65 bits per heavy atom. The summed E-state index contributed by atoms with van der Waals surface area (Å²) in [6.07, 6.45) is 1.64. The Labute approximate surface area is 153 Å². The first-order valence-corrected chi connectivity index (χ1v) is 8.39. The molecule has 0 radical (unpaired) electrons. The van der Waals surface area contributed by atoms with Gasteiger partial charge in [0.2, 0.25) is 0 Å². The molecule has 0 aliphatic carbocycles. The first-order valence-electron chi connectivity index (χ1n) is 8.39. The largest absolute Gasteiger partial charge is 0.488 e. The lowest BCUT2D eigenvalue weighted by atomic mass is 10.1. The normalized spacial score (nSPS) is 10.7. The van der Waals surface area contributed by atoms with Gasteiger partial charge in [0.05, 0.1) is 11.8 Å². The Balaban J connectivity index is 1.67. The number of rotatable bonds is 6. The highest BCUT2D eigenvalue weighted by Crippen LogP contribution is 2.19. The predicted molar refractivity (Wildman–Crippen MR) is 103 cm³/mol. The van der Waals surface area contributed by atoms with Gasteiger partial charge in [-0.2, -0.15) is 5.10 Å². The van der Waals surface area contributed by atoms with Gasteiger partial charge in [-0.1, -0.05) is 66.7 Å². The van der Waals surface area contributed by atoms with Crippen molar-refractivity contribution in [3.8, 4) is 5.75 Å². The zero-order valence-corrected chi connectivity index (χ0v) is 14.6. The number of amides is 1. The van der Waals surface area contributed by atoms with Gasteiger partial charge in [0.1, 0.15) is 12.4 Å². The number of hydrazone groups is 1. The van der Waals surface area contributed by atoms with Crippen molar-refractivity contribution in [2.45, 2.75) is 13.5 Å². The van der Waals surface area contributed by atoms with Gasteiger partial charge >= 0.3 is 0 Å². The fraction of sp³-hybridized carbons (Fsp3) is 0.0909. The van der Waals surface area contributed by atoms with Crippen molar-refractivity contribution in [3.05, 3.63) is 101 Å². The van der Waals surface area contributed by atoms with Crippen molar-refractivity contribution in [1.29, 1.82) is 0 Å². The van der Waals surface area contributed by atoms with Crippen LogP contribution >= 0.6 is 0 Å². The van der Waals surface area contributed by atoms with E-state index in [1.165, 1.54) is 0 Å². The van der Waals surface area contributed by atoms with Gasteiger partial charge in [0, 0.05) is 0 Å². The molecule has 3 aromatic rings. The lowest BCUT2D eigenvalue weighted by Crippen LogP contribution is -2.18. The molecule has 0 aliphatic rings. The third kappa shape index (κ3) is 4.57. The van der Waals surface area contributed by atoms with E-state index in [9.17, 15) is 4.79 Å². The van der Waals surface area contributed by atoms with Gasteiger partial charge in [-0.15, -0.1) is 0 Å². The summed E-state index contributed by atoms with van der Waals surface area (Å²) in [6, 6.07) is 24.8. The molecule has 0 fully saturated rings. The molecule has 0 unspecified atom stereocenters. The van der Waals surface area contributed by atoms with E-state index in [1.54, 1.807) is 24.4 Å². The summed E-state index contributed by atoms with van der Waals surface area (Å²) in [5.41, 5.74) is 6.11. The van der Waals surface area contributed by atoms with Crippen LogP contribution in [0, 0.1) is 6.92 Å². The maximum Gasteiger partial charge on any atom is 0.275 e. The highest BCUT2D eigenvalue weighted by atomic mass is 16.5. The number of para-hydroxylation sites is 1. The second-order valence-electron chi connectivity index (χ2n) is 5.83. The Morgan fingerprint density at radius 1 is 0.962 bits per heavy atom. The number of carbonyl (C=O) groups is 1. The molecule has 0 aromatic heterocycles. The van der Waals surface area contributed by atoms with E-state index in [4.69, 9.17) is 4.74 Å². The molecule has 26 heavy (non-hydrogen) atoms. The first-order chi connectivity index (χ1) is 12.7. The fourth-order valence-electron chi connectivity index (χ4n) is 2.47. The molecular formula is C22H20N2O2. The lowest BCUT2D eigenvalue weighted by Gasteiger charge is -2.10. The topological polar surface area (TPSA) is 50.7 Å². The van der Waals surface area contributed by atoms with Crippen LogP contribution in [0.3, 0.4) is 0 Å². The van der Waals surface area contributed by atoms with E-state index in [1.807, 2.05) is 67.6 Å². The van der Waals surface area contributed by atoms with Gasteiger partial charge in [-0.05, 0) is 35.7 Å². The van der Waals surface area contributed by atoms with E-state index in [-0.39, 0.29) is 5.91 Å². The third-order valence-corrected chi connectivity index (χ3v) is 3.93. The zero-order valence-electron chi connectivity index (χ0n) is 14.6. The predicted octanol–water partition coefficient (Wildman–Crippen LogP) is 4.34. The monoisotopic (exact) mass is 344 g/mol. The van der Waals surface area contributed by atoms with Crippen LogP contribution in [-0.2, 0) is 6.61 Å². The molecule has 0 bridgehead atoms. The molecule has 3 rings (SSSR count). The molecule has 130 valence electrons. The van der Waals surface area contributed by atoms with Crippen molar-refractivity contribution in [2.24, 2.45) is 5.10 Å². The SMILES string of the molecule is Cc1ccccc1C=NNC(=O)c1ccccc1OCc1ccccc1. The lowest BCUT2D eigenvalue weighted by molar-refractivity contribution is 0.0950. The molecular weight excluding hydrogens is 324 g/mol. The summed E-state index contributed by atoms with van der Waals surface area (Å²) >= 11 is 0. The summed E-state index contributed by atoms with van der Waals surface area (Å²) in [6.45, 7) is 2.40. The molecule has 1 N–H and O–H groups in total. The van der Waals surface area contributed by atoms with Gasteiger partial charge in [0.15, 0.2) is 0 Å². The van der Waals surface area contributed by atoms with Gasteiger partial charge in [-0.3, -0.25) is 4.79 Å². The van der Waals surface area contributed by atoms with Crippen molar-refractivity contribution >= 4 is 12.1 Å². The molecule has 0 saturated carbocycles. The smallest absolute Gasteiger partial charge is 0.275 e. The quantitative estimate of drug-likeness (QED) is 0.534. The van der Waals surface area contributed by atoms with Crippen LogP contribution in [0.2, 0.25) is 0 Å². The number of hydrogen-bond donors (Lipinski definition) is 1. The maximum absolute atomic E-state index is 12.4. The minimum atomic E-state index is -0.307. The minimum Gasteiger partial charge on any atom is -0.488 e. The molecule has 4 heteroatoms. The summed E-state index contributed by atoms with van der Waals surface area (Å²) in [5.74, 6) is 0.221. The van der Waals surface area contributed by atoms with Crippen LogP contribution in [0.1, 0.15) is 27.0 Å². The summed E-state index contributed by atoms with van der Waals surface area (Å²) in [7, 11) is 0. The van der Waals surface area contributed by atoms with Crippen molar-refractivity contribution < 1.29 is 9.53 Å². The van der Waals surface area contributed by atoms with Crippen LogP contribution in [0.4, 0.5) is 0 Å². The molecule has 0 saturated heterocycles. The van der Waals surface area contributed by atoms with Crippen molar-refractivity contribution in [3.63, 3.8) is 0 Å². The highest BCUT2D eigenvalue weighted by Gasteiger charge is 2.11. The Bertz CT molecular complexity index is 905. The van der Waals surface area contributed by atoms with E-state index in [0.29, 0.717) is 17.9 Å². The third-order valence-electron chi connectivity index (χ3n) is 3.93. The standard InChI is InChI=1S/C22H20N2O2/c1-17-9-5-6-12-19(17)15-23-24-22(25)20-13-7-8-14-21(20)26-16-18-10-3-2-4-11-18/h2-15H,16H2,1H3,(H,24,25). The number of nitrogens with zero attached hydrogens (tertiary/aromatic N) is 1. The number of benzene rings is 3. The van der Waals surface area contributed by atoms with E-state index < -0.39 is 0 Å². The van der Waals surface area contributed by atoms with Crippen LogP contribution in [0.5, 0.6) is 5.75 Å². The number of carbonyl (C=O) groups excluding carboxylic acids is 1. The molecule has 0 spiro atoms. The van der Waals surface area contributed by atoms with Gasteiger partial charge in [0.25, 0.3) is 5.91 Å². The molecule has 1 amide bonds. The Morgan fingerprint density at radius 3 is 2.46 bits per heavy atom. The number of hydrogen-bond acceptors (Lipinski definition) is 3.